The van der Waals surface area contributed by atoms with Crippen molar-refractivity contribution in [3.63, 3.8) is 0 Å². The van der Waals surface area contributed by atoms with Gasteiger partial charge in [0.15, 0.2) is 0 Å². The summed E-state index contributed by atoms with van der Waals surface area (Å²) >= 11 is 0. The molecule has 0 unspecified atom stereocenters. The number of hydrogen-bond acceptors (Lipinski definition) is 0. The van der Waals surface area contributed by atoms with Gasteiger partial charge in [0.2, 0.25) is 0 Å². The Bertz CT molecular complexity index is 264. The van der Waals surface area contributed by atoms with E-state index in [2.05, 4.69) is 13.8 Å². The molecule has 1 heteroatoms. The first-order valence-electron chi connectivity index (χ1n) is 5.34. The Morgan fingerprint density at radius 2 is 1.79 bits per heavy atom. The van der Waals surface area contributed by atoms with Gasteiger partial charge in [-0.2, -0.15) is 0 Å². The molecule has 80 valence electrons. The highest BCUT2D eigenvalue weighted by Crippen LogP contribution is 2.14. The Kier molecular flexibility index (Phi) is 6.18. The maximum atomic E-state index is 12.8. The molecule has 1 aromatic carbocycles. The molecule has 0 fully saturated rings. The van der Waals surface area contributed by atoms with Crippen LogP contribution in [0, 0.1) is 18.7 Å². The summed E-state index contributed by atoms with van der Waals surface area (Å²) in [5.74, 6) is 0.460. The first kappa shape index (κ1) is 13.2. The summed E-state index contributed by atoms with van der Waals surface area (Å²) in [6.07, 6.45) is 0.962. The molecule has 14 heavy (non-hydrogen) atoms. The molecule has 0 aromatic heterocycles. The van der Waals surface area contributed by atoms with E-state index in [4.69, 9.17) is 0 Å². The summed E-state index contributed by atoms with van der Waals surface area (Å²) < 4.78 is 12.8. The fraction of sp³-hybridized carbons (Fsp3) is 0.538. The molecule has 0 nitrogen and oxygen atoms in total. The van der Waals surface area contributed by atoms with E-state index < -0.39 is 0 Å². The topological polar surface area (TPSA) is 0 Å². The number of hydrogen-bond donors (Lipinski definition) is 0. The van der Waals surface area contributed by atoms with Crippen LogP contribution in [0.15, 0.2) is 18.2 Å². The minimum atomic E-state index is -0.128. The fourth-order valence-electron chi connectivity index (χ4n) is 1.30. The molecule has 0 aliphatic carbocycles. The molecular formula is C13H21F. The largest absolute Gasteiger partial charge is 0.207 e. The van der Waals surface area contributed by atoms with E-state index in [9.17, 15) is 4.39 Å². The molecule has 0 aliphatic rings. The predicted molar refractivity (Wildman–Crippen MR) is 61.0 cm³/mol. The first-order chi connectivity index (χ1) is 6.59. The Labute approximate surface area is 87.2 Å². The Hall–Kier alpha value is -0.850. The van der Waals surface area contributed by atoms with Gasteiger partial charge < -0.3 is 0 Å². The molecule has 0 atom stereocenters. The van der Waals surface area contributed by atoms with Crippen molar-refractivity contribution in [3.8, 4) is 0 Å². The molecule has 0 spiro atoms. The van der Waals surface area contributed by atoms with Crippen LogP contribution in [0.2, 0.25) is 0 Å². The van der Waals surface area contributed by atoms with Gasteiger partial charge in [0.1, 0.15) is 5.82 Å². The van der Waals surface area contributed by atoms with E-state index in [1.165, 1.54) is 11.6 Å². The minimum Gasteiger partial charge on any atom is -0.207 e. The number of halogens is 1. The van der Waals surface area contributed by atoms with Crippen molar-refractivity contribution >= 4 is 0 Å². The maximum Gasteiger partial charge on any atom is 0.123 e. The summed E-state index contributed by atoms with van der Waals surface area (Å²) in [6, 6.07) is 4.99. The quantitative estimate of drug-likeness (QED) is 0.659. The van der Waals surface area contributed by atoms with Gasteiger partial charge in [0.25, 0.3) is 0 Å². The van der Waals surface area contributed by atoms with Gasteiger partial charge in [-0.25, -0.2) is 4.39 Å². The van der Waals surface area contributed by atoms with Crippen LogP contribution in [0.4, 0.5) is 4.39 Å². The summed E-state index contributed by atoms with van der Waals surface area (Å²) in [4.78, 5) is 0. The summed E-state index contributed by atoms with van der Waals surface area (Å²) in [7, 11) is 0. The predicted octanol–water partition coefficient (Wildman–Crippen LogP) is 4.36. The minimum absolute atomic E-state index is 0.128. The molecule has 1 rings (SSSR count). The summed E-state index contributed by atoms with van der Waals surface area (Å²) in [6.45, 7) is 10.3. The second-order valence-electron chi connectivity index (χ2n) is 3.67. The van der Waals surface area contributed by atoms with Crippen molar-refractivity contribution in [2.24, 2.45) is 5.92 Å². The number of benzene rings is 1. The van der Waals surface area contributed by atoms with E-state index in [1.54, 1.807) is 6.07 Å². The van der Waals surface area contributed by atoms with Crippen molar-refractivity contribution in [3.05, 3.63) is 35.1 Å². The van der Waals surface area contributed by atoms with Crippen molar-refractivity contribution in [2.45, 2.75) is 41.0 Å². The Morgan fingerprint density at radius 1 is 1.21 bits per heavy atom. The van der Waals surface area contributed by atoms with Crippen LogP contribution in [0.3, 0.4) is 0 Å². The van der Waals surface area contributed by atoms with Crippen LogP contribution in [0.1, 0.15) is 38.8 Å². The first-order valence-corrected chi connectivity index (χ1v) is 5.34. The van der Waals surface area contributed by atoms with E-state index in [1.807, 2.05) is 26.8 Å². The zero-order valence-corrected chi connectivity index (χ0v) is 9.89. The van der Waals surface area contributed by atoms with Crippen LogP contribution in [-0.2, 0) is 6.42 Å². The SMILES string of the molecule is CC.Cc1ccc(F)cc1CC(C)C. The molecule has 0 heterocycles. The Morgan fingerprint density at radius 3 is 2.29 bits per heavy atom. The number of aryl methyl sites for hydroxylation is 1. The van der Waals surface area contributed by atoms with Crippen molar-refractivity contribution < 1.29 is 4.39 Å². The molecule has 0 bridgehead atoms. The molecule has 0 saturated heterocycles. The maximum absolute atomic E-state index is 12.8. The molecule has 0 radical (unpaired) electrons. The van der Waals surface area contributed by atoms with E-state index >= 15 is 0 Å². The lowest BCUT2D eigenvalue weighted by atomic mass is 9.99. The van der Waals surface area contributed by atoms with Gasteiger partial charge in [-0.3, -0.25) is 0 Å². The van der Waals surface area contributed by atoms with Crippen LogP contribution in [0.25, 0.3) is 0 Å². The fourth-order valence-corrected chi connectivity index (χ4v) is 1.30. The summed E-state index contributed by atoms with van der Waals surface area (Å²) in [5.41, 5.74) is 2.31. The van der Waals surface area contributed by atoms with Crippen LogP contribution < -0.4 is 0 Å². The van der Waals surface area contributed by atoms with Gasteiger partial charge in [-0.15, -0.1) is 0 Å². The second kappa shape index (κ2) is 6.58. The zero-order valence-electron chi connectivity index (χ0n) is 9.89. The highest BCUT2D eigenvalue weighted by Gasteiger charge is 2.02. The smallest absolute Gasteiger partial charge is 0.123 e. The van der Waals surface area contributed by atoms with Gasteiger partial charge in [-0.1, -0.05) is 33.8 Å². The highest BCUT2D eigenvalue weighted by molar-refractivity contribution is 5.26. The standard InChI is InChI=1S/C11H15F.C2H6/c1-8(2)6-10-7-11(12)5-4-9(10)3;1-2/h4-5,7-8H,6H2,1-3H3;1-2H3. The third-order valence-electron chi connectivity index (χ3n) is 1.94. The van der Waals surface area contributed by atoms with Gasteiger partial charge >= 0.3 is 0 Å². The third kappa shape index (κ3) is 4.40. The van der Waals surface area contributed by atoms with E-state index in [0.29, 0.717) is 5.92 Å². The highest BCUT2D eigenvalue weighted by atomic mass is 19.1. The summed E-state index contributed by atoms with van der Waals surface area (Å²) in [5, 5.41) is 0. The molecule has 1 aromatic rings. The molecular weight excluding hydrogens is 175 g/mol. The lowest BCUT2D eigenvalue weighted by molar-refractivity contribution is 0.611. The van der Waals surface area contributed by atoms with Crippen molar-refractivity contribution in [1.82, 2.24) is 0 Å². The normalized spacial score (nSPS) is 9.64. The van der Waals surface area contributed by atoms with Crippen LogP contribution >= 0.6 is 0 Å². The lowest BCUT2D eigenvalue weighted by Gasteiger charge is -2.07. The molecule has 0 aliphatic heterocycles. The number of rotatable bonds is 2. The monoisotopic (exact) mass is 196 g/mol. The van der Waals surface area contributed by atoms with Gasteiger partial charge in [0, 0.05) is 0 Å². The average Bonchev–Trinajstić information content (AvgIpc) is 2.14. The third-order valence-corrected chi connectivity index (χ3v) is 1.94. The van der Waals surface area contributed by atoms with E-state index in [-0.39, 0.29) is 5.82 Å². The van der Waals surface area contributed by atoms with E-state index in [0.717, 1.165) is 12.0 Å². The van der Waals surface area contributed by atoms with Crippen LogP contribution in [-0.4, -0.2) is 0 Å². The van der Waals surface area contributed by atoms with Crippen molar-refractivity contribution in [2.75, 3.05) is 0 Å². The molecule has 0 amide bonds. The van der Waals surface area contributed by atoms with Gasteiger partial charge in [-0.05, 0) is 42.5 Å². The van der Waals surface area contributed by atoms with Crippen LogP contribution in [0.5, 0.6) is 0 Å². The average molecular weight is 196 g/mol. The zero-order chi connectivity index (χ0) is 11.1. The molecule has 0 saturated carbocycles. The Balaban J connectivity index is 0.000000791. The lowest BCUT2D eigenvalue weighted by Crippen LogP contribution is -1.97. The van der Waals surface area contributed by atoms with Gasteiger partial charge in [0.05, 0.1) is 0 Å². The second-order valence-corrected chi connectivity index (χ2v) is 3.67. The van der Waals surface area contributed by atoms with Crippen molar-refractivity contribution in [1.29, 1.82) is 0 Å². The molecule has 0 N–H and O–H groups in total.